The molecule has 0 spiro atoms. The van der Waals surface area contributed by atoms with Gasteiger partial charge in [0.1, 0.15) is 6.26 Å². The van der Waals surface area contributed by atoms with Gasteiger partial charge in [-0.2, -0.15) is 4.98 Å². The molecule has 0 atom stereocenters. The summed E-state index contributed by atoms with van der Waals surface area (Å²) in [5.74, 6) is -1.61. The van der Waals surface area contributed by atoms with Gasteiger partial charge < -0.3 is 14.3 Å². The Hall–Kier alpha value is -2.28. The molecule has 0 saturated heterocycles. The fourth-order valence-electron chi connectivity index (χ4n) is 1.43. The molecule has 1 N–H and O–H groups in total. The van der Waals surface area contributed by atoms with E-state index < -0.39 is 11.9 Å². The van der Waals surface area contributed by atoms with Crippen LogP contribution in [0, 0.1) is 0 Å². The van der Waals surface area contributed by atoms with Gasteiger partial charge in [0.2, 0.25) is 0 Å². The predicted molar refractivity (Wildman–Crippen MR) is 70.0 cm³/mol. The molecule has 1 heterocycles. The third kappa shape index (κ3) is 3.18. The Morgan fingerprint density at radius 2 is 2.15 bits per heavy atom. The second-order valence-corrected chi connectivity index (χ2v) is 4.62. The summed E-state index contributed by atoms with van der Waals surface area (Å²) in [6, 6.07) is 6.47. The minimum atomic E-state index is -1.04. The van der Waals surface area contributed by atoms with E-state index in [1.54, 1.807) is 25.1 Å². The molecule has 1 aromatic carbocycles. The van der Waals surface area contributed by atoms with Crippen molar-refractivity contribution in [1.82, 2.24) is 4.98 Å². The average molecular weight is 293 g/mol. The van der Waals surface area contributed by atoms with Crippen LogP contribution in [0.25, 0.3) is 0 Å². The maximum atomic E-state index is 11.4. The first-order valence-electron chi connectivity index (χ1n) is 5.74. The topological polar surface area (TPSA) is 89.6 Å². The van der Waals surface area contributed by atoms with Gasteiger partial charge in [-0.15, -0.1) is 0 Å². The van der Waals surface area contributed by atoms with Crippen LogP contribution in [0.3, 0.4) is 0 Å². The number of oxazole rings is 1. The zero-order chi connectivity index (χ0) is 14.5. The van der Waals surface area contributed by atoms with Gasteiger partial charge in [-0.1, -0.05) is 12.1 Å². The number of carboxylic acids is 1. The maximum absolute atomic E-state index is 11.4. The Bertz CT molecular complexity index is 637. The molecule has 7 heteroatoms. The summed E-state index contributed by atoms with van der Waals surface area (Å²) in [5, 5.41) is 9.25. The zero-order valence-electron chi connectivity index (χ0n) is 10.5. The van der Waals surface area contributed by atoms with Gasteiger partial charge in [0.15, 0.2) is 5.69 Å². The number of nitrogens with zero attached hydrogens (tertiary/aromatic N) is 1. The highest BCUT2D eigenvalue weighted by atomic mass is 32.2. The van der Waals surface area contributed by atoms with Crippen LogP contribution in [0.2, 0.25) is 0 Å². The fourth-order valence-corrected chi connectivity index (χ4v) is 2.27. The molecule has 0 unspecified atom stereocenters. The van der Waals surface area contributed by atoms with E-state index in [9.17, 15) is 9.59 Å². The van der Waals surface area contributed by atoms with E-state index in [1.165, 1.54) is 12.3 Å². The summed E-state index contributed by atoms with van der Waals surface area (Å²) in [4.78, 5) is 26.9. The van der Waals surface area contributed by atoms with E-state index in [2.05, 4.69) is 4.98 Å². The number of carboxylic acid groups (broad SMARTS) is 1. The quantitative estimate of drug-likeness (QED) is 0.847. The Morgan fingerprint density at radius 1 is 1.40 bits per heavy atom. The molecule has 0 aliphatic rings. The molecule has 0 aliphatic heterocycles. The monoisotopic (exact) mass is 293 g/mol. The second kappa shape index (κ2) is 6.25. The number of aromatic nitrogens is 1. The van der Waals surface area contributed by atoms with Gasteiger partial charge in [-0.3, -0.25) is 0 Å². The van der Waals surface area contributed by atoms with Crippen molar-refractivity contribution in [3.05, 3.63) is 41.8 Å². The van der Waals surface area contributed by atoms with Crippen molar-refractivity contribution in [2.24, 2.45) is 0 Å². The molecule has 2 aromatic rings. The molecule has 20 heavy (non-hydrogen) atoms. The number of rotatable bonds is 5. The molecule has 104 valence electrons. The van der Waals surface area contributed by atoms with Crippen molar-refractivity contribution < 1.29 is 23.8 Å². The summed E-state index contributed by atoms with van der Waals surface area (Å²) in [6.07, 6.45) is 1.18. The lowest BCUT2D eigenvalue weighted by Crippen LogP contribution is -2.04. The van der Waals surface area contributed by atoms with Crippen LogP contribution < -0.4 is 0 Å². The van der Waals surface area contributed by atoms with Gasteiger partial charge in [0.25, 0.3) is 5.22 Å². The van der Waals surface area contributed by atoms with E-state index in [-0.39, 0.29) is 23.1 Å². The van der Waals surface area contributed by atoms with Crippen molar-refractivity contribution >= 4 is 23.7 Å². The highest BCUT2D eigenvalue weighted by Crippen LogP contribution is 2.29. The van der Waals surface area contributed by atoms with Gasteiger partial charge in [-0.25, -0.2) is 9.59 Å². The van der Waals surface area contributed by atoms with Crippen LogP contribution in [-0.4, -0.2) is 28.6 Å². The van der Waals surface area contributed by atoms with Gasteiger partial charge in [-0.05, 0) is 30.8 Å². The summed E-state index contributed by atoms with van der Waals surface area (Å²) in [7, 11) is 0. The lowest BCUT2D eigenvalue weighted by Gasteiger charge is -2.01. The summed E-state index contributed by atoms with van der Waals surface area (Å²) in [5.41, 5.74) is 0.204. The molecule has 0 aliphatic carbocycles. The van der Waals surface area contributed by atoms with Crippen molar-refractivity contribution in [1.29, 1.82) is 0 Å². The maximum Gasteiger partial charge on any atom is 0.360 e. The van der Waals surface area contributed by atoms with Crippen LogP contribution in [0.1, 0.15) is 27.8 Å². The highest BCUT2D eigenvalue weighted by Gasteiger charge is 2.16. The molecule has 0 saturated carbocycles. The number of aromatic carboxylic acids is 1. The third-order valence-corrected chi connectivity index (χ3v) is 3.22. The minimum Gasteiger partial charge on any atom is -0.478 e. The smallest absolute Gasteiger partial charge is 0.360 e. The summed E-state index contributed by atoms with van der Waals surface area (Å²) in [6.45, 7) is 1.94. The number of hydrogen-bond acceptors (Lipinski definition) is 6. The third-order valence-electron chi connectivity index (χ3n) is 2.28. The van der Waals surface area contributed by atoms with Crippen LogP contribution in [-0.2, 0) is 4.74 Å². The van der Waals surface area contributed by atoms with E-state index in [0.717, 1.165) is 11.8 Å². The zero-order valence-corrected chi connectivity index (χ0v) is 11.3. The number of carbonyl (C=O) groups is 2. The van der Waals surface area contributed by atoms with E-state index in [4.69, 9.17) is 14.3 Å². The number of esters is 1. The first-order valence-corrected chi connectivity index (χ1v) is 6.56. The standard InChI is InChI=1S/C13H11NO5S/c1-2-18-12(17)9-7-19-13(14-9)20-10-6-4-3-5-8(10)11(15)16/h3-7H,2H2,1H3,(H,15,16). The normalized spacial score (nSPS) is 10.2. The Morgan fingerprint density at radius 3 is 2.85 bits per heavy atom. The highest BCUT2D eigenvalue weighted by molar-refractivity contribution is 7.99. The molecule has 0 bridgehead atoms. The molecule has 0 radical (unpaired) electrons. The first kappa shape index (κ1) is 14.1. The first-order chi connectivity index (χ1) is 9.61. The van der Waals surface area contributed by atoms with Crippen LogP contribution in [0.15, 0.2) is 45.1 Å². The van der Waals surface area contributed by atoms with E-state index >= 15 is 0 Å². The number of hydrogen-bond donors (Lipinski definition) is 1. The number of ether oxygens (including phenoxy) is 1. The molecule has 2 rings (SSSR count). The molecule has 0 fully saturated rings. The van der Waals surface area contributed by atoms with Crippen LogP contribution in [0.4, 0.5) is 0 Å². The number of benzene rings is 1. The van der Waals surface area contributed by atoms with Crippen molar-refractivity contribution in [2.45, 2.75) is 17.0 Å². The predicted octanol–water partition coefficient (Wildman–Crippen LogP) is 2.70. The molecule has 1 aromatic heterocycles. The van der Waals surface area contributed by atoms with E-state index in [1.807, 2.05) is 0 Å². The number of carbonyl (C=O) groups excluding carboxylic acids is 1. The van der Waals surface area contributed by atoms with Crippen LogP contribution >= 0.6 is 11.8 Å². The van der Waals surface area contributed by atoms with Gasteiger partial charge in [0, 0.05) is 4.90 Å². The Balaban J connectivity index is 2.19. The second-order valence-electron chi connectivity index (χ2n) is 3.62. The van der Waals surface area contributed by atoms with Crippen molar-refractivity contribution in [3.8, 4) is 0 Å². The Labute approximate surface area is 118 Å². The van der Waals surface area contributed by atoms with Crippen molar-refractivity contribution in [2.75, 3.05) is 6.61 Å². The molecular formula is C13H11NO5S. The summed E-state index contributed by atoms with van der Waals surface area (Å²) >= 11 is 1.03. The molecule has 0 amide bonds. The lowest BCUT2D eigenvalue weighted by atomic mass is 10.2. The lowest BCUT2D eigenvalue weighted by molar-refractivity contribution is 0.0518. The van der Waals surface area contributed by atoms with E-state index in [0.29, 0.717) is 4.90 Å². The van der Waals surface area contributed by atoms with Crippen molar-refractivity contribution in [3.63, 3.8) is 0 Å². The Kier molecular flexibility index (Phi) is 4.41. The fraction of sp³-hybridized carbons (Fsp3) is 0.154. The van der Waals surface area contributed by atoms with Crippen LogP contribution in [0.5, 0.6) is 0 Å². The minimum absolute atomic E-state index is 0.0576. The summed E-state index contributed by atoms with van der Waals surface area (Å²) < 4.78 is 9.92. The van der Waals surface area contributed by atoms with Gasteiger partial charge >= 0.3 is 11.9 Å². The SMILES string of the molecule is CCOC(=O)c1coc(Sc2ccccc2C(=O)O)n1. The van der Waals surface area contributed by atoms with Gasteiger partial charge in [0.05, 0.1) is 12.2 Å². The molecule has 6 nitrogen and oxygen atoms in total. The molecular weight excluding hydrogens is 282 g/mol. The average Bonchev–Trinajstić information content (AvgIpc) is 2.88. The largest absolute Gasteiger partial charge is 0.478 e.